The molecule has 1 fully saturated rings. The number of benzene rings is 1. The molecule has 0 radical (unpaired) electrons. The van der Waals surface area contributed by atoms with Crippen LogP contribution in [0.15, 0.2) is 18.2 Å². The van der Waals surface area contributed by atoms with Crippen molar-refractivity contribution < 1.29 is 4.74 Å². The van der Waals surface area contributed by atoms with Crippen LogP contribution in [0.1, 0.15) is 38.6 Å². The van der Waals surface area contributed by atoms with Crippen molar-refractivity contribution >= 4 is 23.3 Å². The molecule has 102 valence electrons. The lowest BCUT2D eigenvalue weighted by molar-refractivity contribution is 0.365. The number of ether oxygens (including phenoxy) is 1. The van der Waals surface area contributed by atoms with E-state index in [0.717, 1.165) is 22.0 Å². The summed E-state index contributed by atoms with van der Waals surface area (Å²) in [6, 6.07) is 6.59. The number of nitrogens with zero attached hydrogens (tertiary/aromatic N) is 1. The normalized spacial score (nSPS) is 18.0. The Balaban J connectivity index is 2.07. The summed E-state index contributed by atoms with van der Waals surface area (Å²) >= 11 is 5.51. The predicted octanol–water partition coefficient (Wildman–Crippen LogP) is 4.46. The molecule has 1 N–H and O–H groups in total. The second-order valence-corrected chi connectivity index (χ2v) is 5.86. The Labute approximate surface area is 118 Å². The van der Waals surface area contributed by atoms with Gasteiger partial charge < -0.3 is 14.3 Å². The Morgan fingerprint density at radius 2 is 2.11 bits per heavy atom. The minimum atomic E-state index is 0.470. The third-order valence-electron chi connectivity index (χ3n) is 4.41. The summed E-state index contributed by atoms with van der Waals surface area (Å²) in [7, 11) is 1.69. The number of imidazole rings is 1. The average molecular weight is 276 g/mol. The molecule has 0 amide bonds. The number of hydrogen-bond acceptors (Lipinski definition) is 2. The number of aromatic amines is 1. The molecule has 1 aromatic heterocycles. The van der Waals surface area contributed by atoms with Crippen LogP contribution >= 0.6 is 12.2 Å². The molecule has 0 spiro atoms. The summed E-state index contributed by atoms with van der Waals surface area (Å²) < 4.78 is 8.37. The average Bonchev–Trinajstić information content (AvgIpc) is 3.03. The minimum Gasteiger partial charge on any atom is -0.497 e. The van der Waals surface area contributed by atoms with Crippen molar-refractivity contribution in [2.45, 2.75) is 38.6 Å². The van der Waals surface area contributed by atoms with Crippen LogP contribution in [0.3, 0.4) is 0 Å². The van der Waals surface area contributed by atoms with E-state index in [2.05, 4.69) is 22.5 Å². The molecule has 2 aromatic rings. The molecule has 19 heavy (non-hydrogen) atoms. The van der Waals surface area contributed by atoms with E-state index < -0.39 is 0 Å². The molecular weight excluding hydrogens is 256 g/mol. The van der Waals surface area contributed by atoms with Gasteiger partial charge in [-0.2, -0.15) is 0 Å². The molecule has 1 saturated carbocycles. The van der Waals surface area contributed by atoms with Crippen LogP contribution in [0.5, 0.6) is 5.75 Å². The summed E-state index contributed by atoms with van der Waals surface area (Å²) in [5.74, 6) is 1.62. The number of rotatable bonds is 3. The number of hydrogen-bond donors (Lipinski definition) is 1. The van der Waals surface area contributed by atoms with Crippen molar-refractivity contribution in [3.8, 4) is 5.75 Å². The second-order valence-electron chi connectivity index (χ2n) is 5.47. The monoisotopic (exact) mass is 276 g/mol. The standard InChI is InChI=1S/C15H20N2OS/c1-10(11-5-3-4-6-11)17-14-8-7-12(18-2)9-13(14)16-15(17)19/h7-11H,3-6H2,1-2H3,(H,16,19). The Morgan fingerprint density at radius 3 is 2.79 bits per heavy atom. The highest BCUT2D eigenvalue weighted by molar-refractivity contribution is 7.71. The first kappa shape index (κ1) is 12.7. The maximum absolute atomic E-state index is 5.51. The van der Waals surface area contributed by atoms with Gasteiger partial charge in [-0.15, -0.1) is 0 Å². The van der Waals surface area contributed by atoms with Gasteiger partial charge in [0.1, 0.15) is 5.75 Å². The summed E-state index contributed by atoms with van der Waals surface area (Å²) in [5.41, 5.74) is 2.25. The molecule has 3 nitrogen and oxygen atoms in total. The van der Waals surface area contributed by atoms with Gasteiger partial charge >= 0.3 is 0 Å². The Bertz CT molecular complexity index is 637. The van der Waals surface area contributed by atoms with Gasteiger partial charge in [-0.3, -0.25) is 0 Å². The molecule has 0 aliphatic heterocycles. The zero-order chi connectivity index (χ0) is 13.4. The molecule has 1 aromatic carbocycles. The number of fused-ring (bicyclic) bond motifs is 1. The summed E-state index contributed by atoms with van der Waals surface area (Å²) in [6.07, 6.45) is 5.37. The third kappa shape index (κ3) is 2.18. The zero-order valence-electron chi connectivity index (χ0n) is 11.5. The fraction of sp³-hybridized carbons (Fsp3) is 0.533. The number of H-pyrrole nitrogens is 1. The van der Waals surface area contributed by atoms with Crippen molar-refractivity contribution in [2.24, 2.45) is 5.92 Å². The molecule has 1 unspecified atom stereocenters. The van der Waals surface area contributed by atoms with Crippen LogP contribution in [0.4, 0.5) is 0 Å². The van der Waals surface area contributed by atoms with Crippen molar-refractivity contribution in [3.63, 3.8) is 0 Å². The van der Waals surface area contributed by atoms with Gasteiger partial charge in [-0.05, 0) is 50.0 Å². The van der Waals surface area contributed by atoms with Crippen molar-refractivity contribution in [1.29, 1.82) is 0 Å². The first-order chi connectivity index (χ1) is 9.20. The maximum atomic E-state index is 5.51. The Kier molecular flexibility index (Phi) is 3.35. The van der Waals surface area contributed by atoms with E-state index in [9.17, 15) is 0 Å². The molecule has 4 heteroatoms. The van der Waals surface area contributed by atoms with E-state index >= 15 is 0 Å². The molecule has 1 atom stereocenters. The highest BCUT2D eigenvalue weighted by atomic mass is 32.1. The van der Waals surface area contributed by atoms with Gasteiger partial charge in [-0.25, -0.2) is 0 Å². The van der Waals surface area contributed by atoms with Gasteiger partial charge in [0.15, 0.2) is 4.77 Å². The first-order valence-electron chi connectivity index (χ1n) is 6.99. The summed E-state index contributed by atoms with van der Waals surface area (Å²) in [6.45, 7) is 2.29. The molecule has 1 aliphatic rings. The van der Waals surface area contributed by atoms with E-state index in [4.69, 9.17) is 17.0 Å². The van der Waals surface area contributed by atoms with Crippen LogP contribution in [-0.2, 0) is 0 Å². The highest BCUT2D eigenvalue weighted by Gasteiger charge is 2.24. The van der Waals surface area contributed by atoms with Crippen LogP contribution in [0, 0.1) is 10.7 Å². The van der Waals surface area contributed by atoms with Crippen LogP contribution < -0.4 is 4.74 Å². The quantitative estimate of drug-likeness (QED) is 0.839. The molecule has 1 heterocycles. The van der Waals surface area contributed by atoms with Crippen molar-refractivity contribution in [2.75, 3.05) is 7.11 Å². The Morgan fingerprint density at radius 1 is 1.37 bits per heavy atom. The zero-order valence-corrected chi connectivity index (χ0v) is 12.3. The smallest absolute Gasteiger partial charge is 0.178 e. The minimum absolute atomic E-state index is 0.470. The lowest BCUT2D eigenvalue weighted by Gasteiger charge is -2.21. The third-order valence-corrected chi connectivity index (χ3v) is 4.71. The number of nitrogens with one attached hydrogen (secondary N) is 1. The second kappa shape index (κ2) is 5.00. The van der Waals surface area contributed by atoms with E-state index in [1.807, 2.05) is 12.1 Å². The number of methoxy groups -OCH3 is 1. The van der Waals surface area contributed by atoms with Gasteiger partial charge in [0.05, 0.1) is 18.1 Å². The predicted molar refractivity (Wildman–Crippen MR) is 80.3 cm³/mol. The fourth-order valence-electron chi connectivity index (χ4n) is 3.29. The summed E-state index contributed by atoms with van der Waals surface area (Å²) in [5, 5.41) is 0. The van der Waals surface area contributed by atoms with Crippen LogP contribution in [-0.4, -0.2) is 16.7 Å². The van der Waals surface area contributed by atoms with E-state index in [1.54, 1.807) is 7.11 Å². The highest BCUT2D eigenvalue weighted by Crippen LogP contribution is 2.36. The van der Waals surface area contributed by atoms with Gasteiger partial charge in [0.25, 0.3) is 0 Å². The fourth-order valence-corrected chi connectivity index (χ4v) is 3.67. The first-order valence-corrected chi connectivity index (χ1v) is 7.40. The molecule has 1 aliphatic carbocycles. The van der Waals surface area contributed by atoms with E-state index in [1.165, 1.54) is 31.2 Å². The maximum Gasteiger partial charge on any atom is 0.178 e. The van der Waals surface area contributed by atoms with Gasteiger partial charge in [-0.1, -0.05) is 12.8 Å². The van der Waals surface area contributed by atoms with Gasteiger partial charge in [0, 0.05) is 12.1 Å². The largest absolute Gasteiger partial charge is 0.497 e. The number of aromatic nitrogens is 2. The lowest BCUT2D eigenvalue weighted by atomic mass is 9.99. The molecule has 0 saturated heterocycles. The molecule has 3 rings (SSSR count). The SMILES string of the molecule is COc1ccc2c(c1)[nH]c(=S)n2C(C)C1CCCC1. The molecular formula is C15H20N2OS. The summed E-state index contributed by atoms with van der Waals surface area (Å²) in [4.78, 5) is 3.30. The van der Waals surface area contributed by atoms with Crippen molar-refractivity contribution in [3.05, 3.63) is 23.0 Å². The molecule has 0 bridgehead atoms. The van der Waals surface area contributed by atoms with Gasteiger partial charge in [0.2, 0.25) is 0 Å². The topological polar surface area (TPSA) is 29.9 Å². The van der Waals surface area contributed by atoms with E-state index in [-0.39, 0.29) is 0 Å². The van der Waals surface area contributed by atoms with E-state index in [0.29, 0.717) is 6.04 Å². The van der Waals surface area contributed by atoms with Crippen molar-refractivity contribution in [1.82, 2.24) is 9.55 Å². The van der Waals surface area contributed by atoms with Crippen LogP contribution in [0.2, 0.25) is 0 Å². The van der Waals surface area contributed by atoms with Crippen LogP contribution in [0.25, 0.3) is 11.0 Å². The Hall–Kier alpha value is -1.29. The lowest BCUT2D eigenvalue weighted by Crippen LogP contribution is -2.14.